The first-order valence-electron chi connectivity index (χ1n) is 4.09. The molecule has 1 aromatic heterocycles. The second-order valence-electron chi connectivity index (χ2n) is 2.65. The minimum atomic E-state index is 0.110. The second kappa shape index (κ2) is 5.11. The molecule has 3 nitrogen and oxygen atoms in total. The molecule has 1 N–H and O–H groups in total. The number of aliphatic hydroxyl groups is 1. The average molecular weight is 187 g/mol. The number of rotatable bonds is 5. The third-order valence-electron chi connectivity index (χ3n) is 1.70. The highest BCUT2D eigenvalue weighted by atomic mass is 32.1. The van der Waals surface area contributed by atoms with E-state index in [0.29, 0.717) is 0 Å². The number of aliphatic hydroxyl groups excluding tert-OH is 1. The smallest absolute Gasteiger partial charge is 0.307 e. The Hall–Kier alpha value is -0.610. The quantitative estimate of drug-likeness (QED) is 0.701. The molecule has 1 aromatic rings. The Balaban J connectivity index is 2.24. The molecule has 0 aliphatic heterocycles. The molecule has 0 atom stereocenters. The van der Waals surface area contributed by atoms with Crippen LogP contribution in [0, 0.1) is 0 Å². The monoisotopic (exact) mass is 187 g/mol. The van der Waals surface area contributed by atoms with Gasteiger partial charge in [0.15, 0.2) is 0 Å². The van der Waals surface area contributed by atoms with Gasteiger partial charge in [0, 0.05) is 24.7 Å². The Labute approximate surface area is 75.3 Å². The molecule has 0 spiro atoms. The fraction of sp³-hybridized carbons (Fsp3) is 0.625. The van der Waals surface area contributed by atoms with Crippen LogP contribution >= 0.6 is 11.3 Å². The number of hydrogen-bond acceptors (Lipinski definition) is 3. The van der Waals surface area contributed by atoms with Gasteiger partial charge in [-0.2, -0.15) is 0 Å². The van der Waals surface area contributed by atoms with Crippen LogP contribution in [-0.2, 0) is 6.54 Å². The van der Waals surface area contributed by atoms with Crippen LogP contribution in [0.15, 0.2) is 16.4 Å². The molecule has 0 radical (unpaired) electrons. The summed E-state index contributed by atoms with van der Waals surface area (Å²) < 4.78 is 1.71. The first kappa shape index (κ1) is 9.48. The lowest BCUT2D eigenvalue weighted by Crippen LogP contribution is -2.11. The predicted octanol–water partition coefficient (Wildman–Crippen LogP) is 1.07. The lowest BCUT2D eigenvalue weighted by molar-refractivity contribution is 0.282. The van der Waals surface area contributed by atoms with E-state index in [1.165, 1.54) is 11.3 Å². The summed E-state index contributed by atoms with van der Waals surface area (Å²) in [7, 11) is 0. The van der Waals surface area contributed by atoms with Crippen LogP contribution in [0.3, 0.4) is 0 Å². The van der Waals surface area contributed by atoms with Crippen LogP contribution in [0.4, 0.5) is 0 Å². The van der Waals surface area contributed by atoms with Gasteiger partial charge in [-0.3, -0.25) is 4.79 Å². The molecule has 0 bridgehead atoms. The average Bonchev–Trinajstić information content (AvgIpc) is 2.46. The third-order valence-corrected chi connectivity index (χ3v) is 2.40. The zero-order valence-corrected chi connectivity index (χ0v) is 7.72. The van der Waals surface area contributed by atoms with Gasteiger partial charge in [0.05, 0.1) is 0 Å². The van der Waals surface area contributed by atoms with Crippen molar-refractivity contribution in [2.75, 3.05) is 6.61 Å². The van der Waals surface area contributed by atoms with Crippen molar-refractivity contribution in [1.82, 2.24) is 4.57 Å². The summed E-state index contributed by atoms with van der Waals surface area (Å²) in [6, 6.07) is 0. The van der Waals surface area contributed by atoms with Crippen molar-refractivity contribution in [2.24, 2.45) is 0 Å². The highest BCUT2D eigenvalue weighted by Gasteiger charge is 1.94. The summed E-state index contributed by atoms with van der Waals surface area (Å²) in [5.74, 6) is 0. The van der Waals surface area contributed by atoms with Crippen molar-refractivity contribution in [3.8, 4) is 0 Å². The maximum absolute atomic E-state index is 11.0. The molecule has 0 aliphatic carbocycles. The van der Waals surface area contributed by atoms with Gasteiger partial charge in [0.2, 0.25) is 0 Å². The summed E-state index contributed by atoms with van der Waals surface area (Å²) in [5.41, 5.74) is 0. The highest BCUT2D eigenvalue weighted by molar-refractivity contribution is 7.07. The van der Waals surface area contributed by atoms with E-state index in [-0.39, 0.29) is 11.5 Å². The van der Waals surface area contributed by atoms with Gasteiger partial charge in [-0.15, -0.1) is 0 Å². The molecule has 0 fully saturated rings. The van der Waals surface area contributed by atoms with Gasteiger partial charge in [-0.25, -0.2) is 0 Å². The lowest BCUT2D eigenvalue weighted by Gasteiger charge is -1.99. The number of nitrogens with zero attached hydrogens (tertiary/aromatic N) is 1. The Morgan fingerprint density at radius 1 is 1.42 bits per heavy atom. The number of unbranched alkanes of at least 4 members (excludes halogenated alkanes) is 2. The van der Waals surface area contributed by atoms with Crippen LogP contribution in [0.1, 0.15) is 19.3 Å². The number of aryl methyl sites for hydroxylation is 1. The van der Waals surface area contributed by atoms with Crippen molar-refractivity contribution < 1.29 is 5.11 Å². The maximum Gasteiger partial charge on any atom is 0.307 e. The molecule has 0 saturated carbocycles. The van der Waals surface area contributed by atoms with Crippen LogP contribution in [0.25, 0.3) is 0 Å². The van der Waals surface area contributed by atoms with Crippen LogP contribution in [0.2, 0.25) is 0 Å². The zero-order valence-electron chi connectivity index (χ0n) is 6.90. The molecular formula is C8H13NO2S. The fourth-order valence-electron chi connectivity index (χ4n) is 1.03. The Bertz CT molecular complexity index is 266. The van der Waals surface area contributed by atoms with Gasteiger partial charge >= 0.3 is 4.87 Å². The fourth-order valence-corrected chi connectivity index (χ4v) is 1.64. The van der Waals surface area contributed by atoms with E-state index < -0.39 is 0 Å². The van der Waals surface area contributed by atoms with Crippen LogP contribution in [0.5, 0.6) is 0 Å². The summed E-state index contributed by atoms with van der Waals surface area (Å²) in [6.45, 7) is 1.03. The summed E-state index contributed by atoms with van der Waals surface area (Å²) in [6.07, 6.45) is 4.60. The third kappa shape index (κ3) is 2.79. The molecule has 12 heavy (non-hydrogen) atoms. The molecule has 0 amide bonds. The van der Waals surface area contributed by atoms with Gasteiger partial charge in [0.1, 0.15) is 0 Å². The molecule has 0 aromatic carbocycles. The minimum Gasteiger partial charge on any atom is -0.396 e. The van der Waals surface area contributed by atoms with Gasteiger partial charge in [-0.1, -0.05) is 11.3 Å². The molecule has 0 aliphatic rings. The molecular weight excluding hydrogens is 174 g/mol. The van der Waals surface area contributed by atoms with E-state index in [2.05, 4.69) is 0 Å². The van der Waals surface area contributed by atoms with E-state index in [1.54, 1.807) is 9.95 Å². The van der Waals surface area contributed by atoms with Gasteiger partial charge < -0.3 is 9.67 Å². The molecule has 1 heterocycles. The molecule has 1 rings (SSSR count). The number of aromatic nitrogens is 1. The molecule has 0 unspecified atom stereocenters. The van der Waals surface area contributed by atoms with Gasteiger partial charge in [-0.05, 0) is 19.3 Å². The van der Waals surface area contributed by atoms with Crippen molar-refractivity contribution in [1.29, 1.82) is 0 Å². The predicted molar refractivity (Wildman–Crippen MR) is 49.5 cm³/mol. The first-order valence-corrected chi connectivity index (χ1v) is 4.97. The lowest BCUT2D eigenvalue weighted by atomic mass is 10.2. The Kier molecular flexibility index (Phi) is 4.04. The highest BCUT2D eigenvalue weighted by Crippen LogP contribution is 1.97. The van der Waals surface area contributed by atoms with Crippen LogP contribution < -0.4 is 4.87 Å². The molecule has 4 heteroatoms. The molecule has 0 saturated heterocycles. The summed E-state index contributed by atoms with van der Waals surface area (Å²) in [5, 5.41) is 10.3. The molecule has 68 valence electrons. The van der Waals surface area contributed by atoms with E-state index in [9.17, 15) is 4.79 Å². The summed E-state index contributed by atoms with van der Waals surface area (Å²) in [4.78, 5) is 11.1. The van der Waals surface area contributed by atoms with E-state index in [0.717, 1.165) is 25.8 Å². The van der Waals surface area contributed by atoms with E-state index in [1.807, 2.05) is 6.20 Å². The summed E-state index contributed by atoms with van der Waals surface area (Å²) >= 11 is 1.23. The van der Waals surface area contributed by atoms with Crippen molar-refractivity contribution >= 4 is 11.3 Å². The maximum atomic E-state index is 11.0. The second-order valence-corrected chi connectivity index (χ2v) is 3.50. The van der Waals surface area contributed by atoms with E-state index in [4.69, 9.17) is 5.11 Å². The largest absolute Gasteiger partial charge is 0.396 e. The topological polar surface area (TPSA) is 42.2 Å². The number of hydrogen-bond donors (Lipinski definition) is 1. The zero-order chi connectivity index (χ0) is 8.81. The van der Waals surface area contributed by atoms with Gasteiger partial charge in [0.25, 0.3) is 0 Å². The minimum absolute atomic E-state index is 0.110. The van der Waals surface area contributed by atoms with Crippen LogP contribution in [-0.4, -0.2) is 16.3 Å². The van der Waals surface area contributed by atoms with Crippen molar-refractivity contribution in [3.05, 3.63) is 21.2 Å². The normalized spacial score (nSPS) is 10.4. The van der Waals surface area contributed by atoms with Crippen molar-refractivity contribution in [2.45, 2.75) is 25.8 Å². The Morgan fingerprint density at radius 2 is 2.25 bits per heavy atom. The first-order chi connectivity index (χ1) is 5.84. The van der Waals surface area contributed by atoms with E-state index >= 15 is 0 Å². The SMILES string of the molecule is O=c1sccn1CCCCCO. The standard InChI is InChI=1S/C8H13NO2S/c10-6-3-1-2-4-9-5-7-12-8(9)11/h5,7,10H,1-4,6H2. The number of thiazole rings is 1. The van der Waals surface area contributed by atoms with Crippen molar-refractivity contribution in [3.63, 3.8) is 0 Å². The Morgan fingerprint density at radius 3 is 2.83 bits per heavy atom.